The number of aromatic hydroxyl groups is 3. The van der Waals surface area contributed by atoms with Crippen LogP contribution in [0.2, 0.25) is 0 Å². The lowest BCUT2D eigenvalue weighted by molar-refractivity contribution is -0.184. The van der Waals surface area contributed by atoms with E-state index in [4.69, 9.17) is 14.2 Å². The maximum atomic E-state index is 14.7. The molecule has 1 spiro atoms. The smallest absolute Gasteiger partial charge is 0.340 e. The second kappa shape index (κ2) is 16.9. The quantitative estimate of drug-likeness (QED) is 0.0783. The Kier molecular flexibility index (Phi) is 12.1. The monoisotopic (exact) mass is 900 g/mol. The molecule has 1 saturated heterocycles. The van der Waals surface area contributed by atoms with Crippen molar-refractivity contribution in [2.24, 2.45) is 5.92 Å². The molecule has 4 atom stereocenters. The Morgan fingerprint density at radius 3 is 2.14 bits per heavy atom. The van der Waals surface area contributed by atoms with Gasteiger partial charge in [0.1, 0.15) is 39.9 Å². The Hall–Kier alpha value is -6.73. The number of aryl methyl sites for hydroxylation is 1. The van der Waals surface area contributed by atoms with Crippen LogP contribution in [-0.4, -0.2) is 77.2 Å². The molecule has 5 aliphatic rings. The van der Waals surface area contributed by atoms with Crippen molar-refractivity contribution in [3.05, 3.63) is 128 Å². The predicted octanol–water partition coefficient (Wildman–Crippen LogP) is 9.70. The van der Waals surface area contributed by atoms with Gasteiger partial charge in [-0.2, -0.15) is 0 Å². The molecule has 0 saturated carbocycles. The first-order valence-electron chi connectivity index (χ1n) is 22.0. The van der Waals surface area contributed by atoms with Crippen LogP contribution in [0.5, 0.6) is 28.7 Å². The Morgan fingerprint density at radius 2 is 1.48 bits per heavy atom. The number of benzene rings is 3. The fourth-order valence-electron chi connectivity index (χ4n) is 10.1. The number of Topliss-reactive ketones (excluding diaryl/α,β-unsaturated/α-hetero) is 1. The minimum Gasteiger partial charge on any atom is -0.507 e. The van der Waals surface area contributed by atoms with Gasteiger partial charge in [-0.1, -0.05) is 47.6 Å². The lowest BCUT2D eigenvalue weighted by Crippen LogP contribution is -2.66. The number of aliphatic carboxylic acids is 2. The van der Waals surface area contributed by atoms with E-state index < -0.39 is 51.8 Å². The average Bonchev–Trinajstić information content (AvgIpc) is 3.43. The summed E-state index contributed by atoms with van der Waals surface area (Å²) in [7, 11) is 0. The van der Waals surface area contributed by atoms with E-state index >= 15 is 0 Å². The first-order chi connectivity index (χ1) is 30.9. The van der Waals surface area contributed by atoms with Crippen LogP contribution in [0.25, 0.3) is 6.08 Å². The largest absolute Gasteiger partial charge is 0.507 e. The highest BCUT2D eigenvalue weighted by Gasteiger charge is 2.77. The molecule has 3 aromatic carbocycles. The van der Waals surface area contributed by atoms with Crippen LogP contribution in [0.1, 0.15) is 146 Å². The molecule has 66 heavy (non-hydrogen) atoms. The van der Waals surface area contributed by atoms with Gasteiger partial charge in [-0.25, -0.2) is 9.59 Å². The predicted molar refractivity (Wildman–Crippen MR) is 246 cm³/mol. The number of carbonyl (C=O) groups is 5. The van der Waals surface area contributed by atoms with Crippen molar-refractivity contribution in [2.75, 3.05) is 0 Å². The molecule has 13 heteroatoms. The zero-order chi connectivity index (χ0) is 48.4. The highest BCUT2D eigenvalue weighted by molar-refractivity contribution is 6.30. The van der Waals surface area contributed by atoms with E-state index in [1.807, 2.05) is 46.8 Å². The number of fused-ring (bicyclic) bond motifs is 4. The van der Waals surface area contributed by atoms with Gasteiger partial charge in [0.2, 0.25) is 11.4 Å². The van der Waals surface area contributed by atoms with Crippen LogP contribution in [0.4, 0.5) is 0 Å². The maximum absolute atomic E-state index is 14.7. The van der Waals surface area contributed by atoms with Crippen molar-refractivity contribution >= 4 is 35.4 Å². The van der Waals surface area contributed by atoms with Gasteiger partial charge in [-0.15, -0.1) is 0 Å². The molecular formula is C53H56O13. The first-order valence-corrected chi connectivity index (χ1v) is 22.0. The summed E-state index contributed by atoms with van der Waals surface area (Å²) >= 11 is 0. The molecule has 1 fully saturated rings. The van der Waals surface area contributed by atoms with E-state index in [0.717, 1.165) is 12.0 Å². The van der Waals surface area contributed by atoms with Crippen molar-refractivity contribution in [1.82, 2.24) is 0 Å². The van der Waals surface area contributed by atoms with Crippen molar-refractivity contribution < 1.29 is 63.7 Å². The third kappa shape index (κ3) is 7.62. The molecule has 3 heterocycles. The van der Waals surface area contributed by atoms with Gasteiger partial charge < -0.3 is 39.7 Å². The third-order valence-corrected chi connectivity index (χ3v) is 13.3. The number of carbonyl (C=O) groups excluding carboxylic acids is 3. The van der Waals surface area contributed by atoms with Gasteiger partial charge in [-0.3, -0.25) is 14.4 Å². The summed E-state index contributed by atoms with van der Waals surface area (Å²) in [6.45, 7) is 16.6. The number of ketones is 3. The Morgan fingerprint density at radius 1 is 0.803 bits per heavy atom. The fraction of sp³-hybridized carbons (Fsp3) is 0.377. The Bertz CT molecular complexity index is 2790. The number of hydrogen-bond donors (Lipinski definition) is 5. The van der Waals surface area contributed by atoms with Crippen molar-refractivity contribution in [2.45, 2.75) is 123 Å². The van der Waals surface area contributed by atoms with Gasteiger partial charge in [0.05, 0.1) is 22.3 Å². The molecule has 346 valence electrons. The maximum Gasteiger partial charge on any atom is 0.340 e. The summed E-state index contributed by atoms with van der Waals surface area (Å²) in [6, 6.07) is 7.36. The van der Waals surface area contributed by atoms with Gasteiger partial charge >= 0.3 is 11.9 Å². The molecule has 3 aliphatic heterocycles. The lowest BCUT2D eigenvalue weighted by atomic mass is 9.60. The van der Waals surface area contributed by atoms with Crippen LogP contribution in [0, 0.1) is 12.8 Å². The third-order valence-electron chi connectivity index (χ3n) is 13.3. The molecule has 0 radical (unpaired) electrons. The molecule has 0 bridgehead atoms. The average molecular weight is 901 g/mol. The first kappa shape index (κ1) is 47.2. The zero-order valence-corrected chi connectivity index (χ0v) is 38.7. The van der Waals surface area contributed by atoms with Crippen molar-refractivity contribution in [3.63, 3.8) is 0 Å². The summed E-state index contributed by atoms with van der Waals surface area (Å²) in [5.74, 6) is -4.90. The van der Waals surface area contributed by atoms with Gasteiger partial charge in [0.15, 0.2) is 17.2 Å². The van der Waals surface area contributed by atoms with Crippen molar-refractivity contribution in [3.8, 4) is 28.7 Å². The number of allylic oxidation sites excluding steroid dienone is 5. The number of phenolic OH excluding ortho intramolecular Hbond substituents is 3. The minimum atomic E-state index is -2.16. The second-order valence-electron chi connectivity index (χ2n) is 19.0. The molecule has 4 unspecified atom stereocenters. The van der Waals surface area contributed by atoms with Crippen LogP contribution in [-0.2, 0) is 20.7 Å². The minimum absolute atomic E-state index is 0.0374. The van der Waals surface area contributed by atoms with E-state index in [1.54, 1.807) is 39.0 Å². The van der Waals surface area contributed by atoms with Gasteiger partial charge in [-0.05, 0) is 130 Å². The van der Waals surface area contributed by atoms with E-state index in [1.165, 1.54) is 42.8 Å². The highest BCUT2D eigenvalue weighted by Crippen LogP contribution is 2.64. The van der Waals surface area contributed by atoms with Crippen LogP contribution >= 0.6 is 0 Å². The normalized spacial score (nSPS) is 24.0. The van der Waals surface area contributed by atoms with Crippen LogP contribution < -0.4 is 9.47 Å². The number of hydrogen-bond acceptors (Lipinski definition) is 11. The summed E-state index contributed by atoms with van der Waals surface area (Å²) < 4.78 is 20.2. The Balaban J connectivity index is 0.000000282. The molecule has 3 aromatic rings. The number of ether oxygens (including phenoxy) is 3. The fourth-order valence-corrected chi connectivity index (χ4v) is 10.1. The molecule has 8 rings (SSSR count). The summed E-state index contributed by atoms with van der Waals surface area (Å²) in [6.07, 6.45) is 13.1. The second-order valence-corrected chi connectivity index (χ2v) is 19.0. The van der Waals surface area contributed by atoms with Crippen molar-refractivity contribution in [1.29, 1.82) is 0 Å². The zero-order valence-electron chi connectivity index (χ0n) is 38.7. The number of phenols is 3. The van der Waals surface area contributed by atoms with Gasteiger partial charge in [0.25, 0.3) is 0 Å². The summed E-state index contributed by atoms with van der Waals surface area (Å²) in [4.78, 5) is 64.7. The highest BCUT2D eigenvalue weighted by atomic mass is 16.6. The molecule has 0 aromatic heterocycles. The standard InChI is InChI=1S/C38H46O9.C15H10O4/c1-21(2)11-10-18-36(8)19-17-24-29(39)28-30(40)26-12-9-13-27-35(6,7)47-37(34(43)44,20-16-23(5)33(41)42)38(26,27)46-32(28)25(31(24)45-36)15-14-22(3)4;1-7-5-9-13(11(17)6-7)15(19)12-8(14(9)18)3-2-4-10(12)16/h11-12,14,16-17,19,27,39H,9-10,13,15,18,20H2,1-8H3,(H,41,42)(H,43,44);2-6,16-17H,1H3. The summed E-state index contributed by atoms with van der Waals surface area (Å²) in [5.41, 5.74) is -1.70. The van der Waals surface area contributed by atoms with E-state index in [9.17, 15) is 49.5 Å². The number of rotatable bonds is 9. The number of carboxylic acid groups (broad SMARTS) is 2. The molecule has 0 amide bonds. The lowest BCUT2D eigenvalue weighted by Gasteiger charge is -2.50. The van der Waals surface area contributed by atoms with Crippen LogP contribution in [0.15, 0.2) is 83.0 Å². The van der Waals surface area contributed by atoms with E-state index in [0.29, 0.717) is 48.1 Å². The van der Waals surface area contributed by atoms with Crippen LogP contribution in [0.3, 0.4) is 0 Å². The topological polar surface area (TPSA) is 214 Å². The SMILES string of the molecule is CC(C)=CCCC1(C)C=Cc2c(O)c3c(c(CC=C(C)C)c2O1)OC12C(=CCCC1C(C)(C)OC2(CC=C(C)C(=O)O)C(=O)O)C3=O.Cc1cc(O)c2c(c1)C(=O)c1cccc(O)c1C2=O. The molecule has 13 nitrogen and oxygen atoms in total. The molecule has 5 N–H and O–H groups in total. The molecule has 2 aliphatic carbocycles. The van der Waals surface area contributed by atoms with Gasteiger partial charge in [0, 0.05) is 40.2 Å². The van der Waals surface area contributed by atoms with E-state index in [2.05, 4.69) is 6.08 Å². The molecular weight excluding hydrogens is 845 g/mol. The Labute approximate surface area is 383 Å². The number of carboxylic acids is 2. The van der Waals surface area contributed by atoms with E-state index in [-0.39, 0.29) is 74.2 Å². The summed E-state index contributed by atoms with van der Waals surface area (Å²) in [5, 5.41) is 52.1.